The first kappa shape index (κ1) is 15.8. The molecule has 1 aromatic carbocycles. The van der Waals surface area contributed by atoms with Gasteiger partial charge in [-0.05, 0) is 42.9 Å². The standard InChI is InChI=1S/C17H22ClNO3/c18-15-3-1-12(2-4-15)16(20)13-5-8-19(9-6-13)17(21)14-7-10-22-11-14/h1-4,13-14,16,20H,5-11H2. The predicted molar refractivity (Wildman–Crippen MR) is 84.6 cm³/mol. The number of carbonyl (C=O) groups excluding carboxylic acids is 1. The normalized spacial score (nSPS) is 24.5. The summed E-state index contributed by atoms with van der Waals surface area (Å²) in [5, 5.41) is 11.2. The van der Waals surface area contributed by atoms with E-state index < -0.39 is 6.10 Å². The van der Waals surface area contributed by atoms with Crippen LogP contribution in [0.1, 0.15) is 30.9 Å². The first-order valence-corrected chi connectivity index (χ1v) is 8.33. The Morgan fingerprint density at radius 2 is 1.91 bits per heavy atom. The van der Waals surface area contributed by atoms with Crippen molar-refractivity contribution in [3.8, 4) is 0 Å². The minimum atomic E-state index is -0.482. The molecule has 5 heteroatoms. The van der Waals surface area contributed by atoms with E-state index in [9.17, 15) is 9.90 Å². The highest BCUT2D eigenvalue weighted by Crippen LogP contribution is 2.32. The van der Waals surface area contributed by atoms with Crippen LogP contribution in [0.5, 0.6) is 0 Å². The molecule has 1 amide bonds. The molecule has 0 spiro atoms. The van der Waals surface area contributed by atoms with Gasteiger partial charge in [0.25, 0.3) is 0 Å². The highest BCUT2D eigenvalue weighted by molar-refractivity contribution is 6.30. The van der Waals surface area contributed by atoms with Gasteiger partial charge in [-0.3, -0.25) is 4.79 Å². The quantitative estimate of drug-likeness (QED) is 0.930. The van der Waals surface area contributed by atoms with Gasteiger partial charge < -0.3 is 14.7 Å². The molecule has 0 aromatic heterocycles. The van der Waals surface area contributed by atoms with Gasteiger partial charge >= 0.3 is 0 Å². The molecule has 2 fully saturated rings. The molecule has 0 radical (unpaired) electrons. The Morgan fingerprint density at radius 1 is 1.23 bits per heavy atom. The zero-order chi connectivity index (χ0) is 15.5. The van der Waals surface area contributed by atoms with Crippen LogP contribution in [0.2, 0.25) is 5.02 Å². The summed E-state index contributed by atoms with van der Waals surface area (Å²) in [6.07, 6.45) is 2.03. The van der Waals surface area contributed by atoms with E-state index in [2.05, 4.69) is 0 Å². The van der Waals surface area contributed by atoms with Crippen LogP contribution in [0, 0.1) is 11.8 Å². The van der Waals surface area contributed by atoms with Gasteiger partial charge in [-0.1, -0.05) is 23.7 Å². The molecule has 2 heterocycles. The van der Waals surface area contributed by atoms with E-state index in [-0.39, 0.29) is 17.7 Å². The number of benzene rings is 1. The molecule has 2 atom stereocenters. The van der Waals surface area contributed by atoms with E-state index in [1.807, 2.05) is 17.0 Å². The number of aliphatic hydroxyl groups is 1. The summed E-state index contributed by atoms with van der Waals surface area (Å²) in [4.78, 5) is 14.3. The van der Waals surface area contributed by atoms with Crippen molar-refractivity contribution in [3.05, 3.63) is 34.9 Å². The Bertz CT molecular complexity index is 505. The Balaban J connectivity index is 1.54. The van der Waals surface area contributed by atoms with Crippen molar-refractivity contribution < 1.29 is 14.6 Å². The molecule has 2 aliphatic heterocycles. The number of likely N-dealkylation sites (tertiary alicyclic amines) is 1. The molecule has 1 aromatic rings. The Morgan fingerprint density at radius 3 is 2.50 bits per heavy atom. The number of amides is 1. The van der Waals surface area contributed by atoms with Crippen molar-refractivity contribution in [3.63, 3.8) is 0 Å². The highest BCUT2D eigenvalue weighted by Gasteiger charge is 2.32. The molecule has 2 saturated heterocycles. The van der Waals surface area contributed by atoms with E-state index in [0.29, 0.717) is 18.2 Å². The van der Waals surface area contributed by atoms with Crippen LogP contribution < -0.4 is 0 Å². The van der Waals surface area contributed by atoms with Crippen LogP contribution in [0.4, 0.5) is 0 Å². The van der Waals surface area contributed by atoms with Crippen LogP contribution >= 0.6 is 11.6 Å². The van der Waals surface area contributed by atoms with Gasteiger partial charge in [0.2, 0.25) is 5.91 Å². The van der Waals surface area contributed by atoms with Gasteiger partial charge in [0.05, 0.1) is 18.6 Å². The first-order chi connectivity index (χ1) is 10.6. The lowest BCUT2D eigenvalue weighted by atomic mass is 9.87. The third kappa shape index (κ3) is 3.45. The van der Waals surface area contributed by atoms with Crippen LogP contribution in [-0.4, -0.2) is 42.2 Å². The Hall–Kier alpha value is -1.10. The van der Waals surface area contributed by atoms with Gasteiger partial charge in [0, 0.05) is 24.7 Å². The maximum atomic E-state index is 12.4. The summed E-state index contributed by atoms with van der Waals surface area (Å²) in [7, 11) is 0. The summed E-state index contributed by atoms with van der Waals surface area (Å²) < 4.78 is 5.30. The SMILES string of the molecule is O=C(C1CCOC1)N1CCC(C(O)c2ccc(Cl)cc2)CC1. The second-order valence-electron chi connectivity index (χ2n) is 6.22. The average Bonchev–Trinajstić information content (AvgIpc) is 3.09. The largest absolute Gasteiger partial charge is 0.388 e. The smallest absolute Gasteiger partial charge is 0.228 e. The molecular formula is C17H22ClNO3. The average molecular weight is 324 g/mol. The Kier molecular flexibility index (Phi) is 5.01. The zero-order valence-corrected chi connectivity index (χ0v) is 13.3. The van der Waals surface area contributed by atoms with Gasteiger partial charge in [0.1, 0.15) is 0 Å². The molecular weight excluding hydrogens is 302 g/mol. The summed E-state index contributed by atoms with van der Waals surface area (Å²) in [6, 6.07) is 7.36. The number of nitrogens with zero attached hydrogens (tertiary/aromatic N) is 1. The maximum Gasteiger partial charge on any atom is 0.228 e. The molecule has 22 heavy (non-hydrogen) atoms. The fraction of sp³-hybridized carbons (Fsp3) is 0.588. The van der Waals surface area contributed by atoms with E-state index in [1.54, 1.807) is 12.1 Å². The Labute approximate surface area is 136 Å². The molecule has 0 aliphatic carbocycles. The molecule has 2 unspecified atom stereocenters. The van der Waals surface area contributed by atoms with E-state index in [1.165, 1.54) is 0 Å². The third-order valence-corrected chi connectivity index (χ3v) is 5.04. The molecule has 3 rings (SSSR count). The molecule has 120 valence electrons. The second kappa shape index (κ2) is 6.99. The third-order valence-electron chi connectivity index (χ3n) is 4.79. The number of piperidine rings is 1. The van der Waals surface area contributed by atoms with Gasteiger partial charge in [0.15, 0.2) is 0 Å². The summed E-state index contributed by atoms with van der Waals surface area (Å²) in [5.74, 6) is 0.458. The van der Waals surface area contributed by atoms with Crippen molar-refractivity contribution in [2.75, 3.05) is 26.3 Å². The lowest BCUT2D eigenvalue weighted by Crippen LogP contribution is -2.42. The minimum absolute atomic E-state index is 0.0396. The number of rotatable bonds is 3. The number of aliphatic hydroxyl groups excluding tert-OH is 1. The molecule has 0 saturated carbocycles. The predicted octanol–water partition coefficient (Wildman–Crippen LogP) is 2.65. The van der Waals surface area contributed by atoms with Crippen LogP contribution in [0.3, 0.4) is 0 Å². The minimum Gasteiger partial charge on any atom is -0.388 e. The number of hydrogen-bond acceptors (Lipinski definition) is 3. The van der Waals surface area contributed by atoms with Crippen molar-refractivity contribution in [1.29, 1.82) is 0 Å². The summed E-state index contributed by atoms with van der Waals surface area (Å²) in [5.41, 5.74) is 0.901. The van der Waals surface area contributed by atoms with Gasteiger partial charge in [-0.25, -0.2) is 0 Å². The van der Waals surface area contributed by atoms with Crippen molar-refractivity contribution >= 4 is 17.5 Å². The molecule has 0 bridgehead atoms. The summed E-state index contributed by atoms with van der Waals surface area (Å²) in [6.45, 7) is 2.71. The van der Waals surface area contributed by atoms with Crippen molar-refractivity contribution in [2.45, 2.75) is 25.4 Å². The van der Waals surface area contributed by atoms with Crippen molar-refractivity contribution in [1.82, 2.24) is 4.90 Å². The fourth-order valence-electron chi connectivity index (χ4n) is 3.36. The molecule has 1 N–H and O–H groups in total. The first-order valence-electron chi connectivity index (χ1n) is 7.95. The van der Waals surface area contributed by atoms with E-state index in [0.717, 1.165) is 37.9 Å². The van der Waals surface area contributed by atoms with Crippen LogP contribution in [0.25, 0.3) is 0 Å². The number of hydrogen-bond donors (Lipinski definition) is 1. The lowest BCUT2D eigenvalue weighted by molar-refractivity contribution is -0.137. The van der Waals surface area contributed by atoms with E-state index in [4.69, 9.17) is 16.3 Å². The monoisotopic (exact) mass is 323 g/mol. The second-order valence-corrected chi connectivity index (χ2v) is 6.66. The number of halogens is 1. The van der Waals surface area contributed by atoms with Crippen molar-refractivity contribution in [2.24, 2.45) is 11.8 Å². The van der Waals surface area contributed by atoms with Crippen LogP contribution in [-0.2, 0) is 9.53 Å². The van der Waals surface area contributed by atoms with Gasteiger partial charge in [-0.2, -0.15) is 0 Å². The zero-order valence-electron chi connectivity index (χ0n) is 12.6. The molecule has 4 nitrogen and oxygen atoms in total. The maximum absolute atomic E-state index is 12.4. The highest BCUT2D eigenvalue weighted by atomic mass is 35.5. The fourth-order valence-corrected chi connectivity index (χ4v) is 3.48. The summed E-state index contributed by atoms with van der Waals surface area (Å²) >= 11 is 5.88. The topological polar surface area (TPSA) is 49.8 Å². The number of carbonyl (C=O) groups is 1. The molecule has 2 aliphatic rings. The lowest BCUT2D eigenvalue weighted by Gasteiger charge is -2.35. The van der Waals surface area contributed by atoms with Crippen LogP contribution in [0.15, 0.2) is 24.3 Å². The number of ether oxygens (including phenoxy) is 1. The van der Waals surface area contributed by atoms with E-state index >= 15 is 0 Å². The van der Waals surface area contributed by atoms with Gasteiger partial charge in [-0.15, -0.1) is 0 Å².